The van der Waals surface area contributed by atoms with E-state index in [1.165, 1.54) is 57.8 Å². The number of carbonyl (C=O) groups excluding carboxylic acids is 2. The van der Waals surface area contributed by atoms with Crippen LogP contribution in [0.15, 0.2) is 42.5 Å². The van der Waals surface area contributed by atoms with Crippen LogP contribution in [0.1, 0.15) is 102 Å². The van der Waals surface area contributed by atoms with E-state index in [4.69, 9.17) is 10.5 Å². The van der Waals surface area contributed by atoms with Gasteiger partial charge >= 0.3 is 11.9 Å². The first-order chi connectivity index (χ1) is 15.1. The van der Waals surface area contributed by atoms with Gasteiger partial charge in [0.05, 0.1) is 0 Å². The summed E-state index contributed by atoms with van der Waals surface area (Å²) in [5.41, 5.74) is 6.81. The summed E-state index contributed by atoms with van der Waals surface area (Å²) >= 11 is 0. The lowest BCUT2D eigenvalue weighted by molar-refractivity contribution is -0.160. The first-order valence-corrected chi connectivity index (χ1v) is 12.3. The number of ether oxygens (including phenoxy) is 1. The minimum Gasteiger partial charge on any atom is -0.392 e. The Morgan fingerprint density at radius 2 is 1.39 bits per heavy atom. The van der Waals surface area contributed by atoms with Gasteiger partial charge in [0.15, 0.2) is 0 Å². The number of unbranched alkanes of at least 4 members (excludes halogenated alkanes) is 11. The first kappa shape index (κ1) is 27.1. The molecule has 0 fully saturated rings. The summed E-state index contributed by atoms with van der Waals surface area (Å²) in [5, 5.41) is 0. The van der Waals surface area contributed by atoms with Crippen LogP contribution in [-0.4, -0.2) is 18.0 Å². The summed E-state index contributed by atoms with van der Waals surface area (Å²) in [7, 11) is 0. The van der Waals surface area contributed by atoms with Gasteiger partial charge in [-0.25, -0.2) is 4.79 Å². The second kappa shape index (κ2) is 18.8. The largest absolute Gasteiger partial charge is 0.392 e. The minimum absolute atomic E-state index is 0.280. The van der Waals surface area contributed by atoms with Crippen molar-refractivity contribution in [2.24, 2.45) is 5.73 Å². The predicted octanol–water partition coefficient (Wildman–Crippen LogP) is 6.66. The quantitative estimate of drug-likeness (QED) is 0.122. The van der Waals surface area contributed by atoms with E-state index < -0.39 is 18.0 Å². The standard InChI is InChI=1S/C27H43NO3/c1-2-3-4-5-6-7-8-9-10-11-12-13-14-15-19-22-26(29)31-27(30)25(28)23-24-20-17-16-18-21-24/h9-10,16-18,20-21,25H,2-8,11-15,19,22-23,28H2,1H3/b10-9-/t25-/m0/s1. The summed E-state index contributed by atoms with van der Waals surface area (Å²) < 4.78 is 4.89. The van der Waals surface area contributed by atoms with Crippen LogP contribution in [0.3, 0.4) is 0 Å². The number of benzene rings is 1. The van der Waals surface area contributed by atoms with E-state index in [0.29, 0.717) is 6.42 Å². The molecule has 1 aromatic rings. The van der Waals surface area contributed by atoms with E-state index in [2.05, 4.69) is 19.1 Å². The first-order valence-electron chi connectivity index (χ1n) is 12.3. The average molecular weight is 430 g/mol. The average Bonchev–Trinajstić information content (AvgIpc) is 2.77. The second-order valence-corrected chi connectivity index (χ2v) is 8.42. The van der Waals surface area contributed by atoms with E-state index in [0.717, 1.165) is 31.2 Å². The zero-order valence-corrected chi connectivity index (χ0v) is 19.5. The van der Waals surface area contributed by atoms with Gasteiger partial charge in [-0.2, -0.15) is 0 Å². The molecule has 4 nitrogen and oxygen atoms in total. The Labute approximate surface area is 189 Å². The summed E-state index contributed by atoms with van der Waals surface area (Å²) in [5.74, 6) is -1.10. The summed E-state index contributed by atoms with van der Waals surface area (Å²) in [6.07, 6.45) is 21.0. The van der Waals surface area contributed by atoms with Gasteiger partial charge in [-0.1, -0.05) is 101 Å². The van der Waals surface area contributed by atoms with Crippen molar-refractivity contribution in [3.05, 3.63) is 48.0 Å². The molecule has 2 N–H and O–H groups in total. The van der Waals surface area contributed by atoms with Gasteiger partial charge < -0.3 is 10.5 Å². The van der Waals surface area contributed by atoms with Crippen molar-refractivity contribution in [2.45, 2.75) is 109 Å². The van der Waals surface area contributed by atoms with Crippen LogP contribution in [0.5, 0.6) is 0 Å². The van der Waals surface area contributed by atoms with E-state index >= 15 is 0 Å². The number of carbonyl (C=O) groups is 2. The molecule has 0 radical (unpaired) electrons. The molecule has 0 saturated heterocycles. The smallest absolute Gasteiger partial charge is 0.330 e. The van der Waals surface area contributed by atoms with Crippen LogP contribution in [0.4, 0.5) is 0 Å². The molecule has 0 aliphatic heterocycles. The third-order valence-corrected chi connectivity index (χ3v) is 5.46. The summed E-state index contributed by atoms with van der Waals surface area (Å²) in [6, 6.07) is 8.70. The fourth-order valence-electron chi connectivity index (χ4n) is 3.53. The molecule has 4 heteroatoms. The molecular weight excluding hydrogens is 386 g/mol. The normalized spacial score (nSPS) is 12.2. The number of allylic oxidation sites excluding steroid dienone is 2. The summed E-state index contributed by atoms with van der Waals surface area (Å²) in [6.45, 7) is 2.25. The molecule has 174 valence electrons. The lowest BCUT2D eigenvalue weighted by atomic mass is 10.1. The van der Waals surface area contributed by atoms with Crippen molar-refractivity contribution >= 4 is 11.9 Å². The topological polar surface area (TPSA) is 69.4 Å². The van der Waals surface area contributed by atoms with Crippen LogP contribution < -0.4 is 5.73 Å². The molecule has 31 heavy (non-hydrogen) atoms. The monoisotopic (exact) mass is 429 g/mol. The predicted molar refractivity (Wildman–Crippen MR) is 129 cm³/mol. The van der Waals surface area contributed by atoms with E-state index in [-0.39, 0.29) is 6.42 Å². The summed E-state index contributed by atoms with van der Waals surface area (Å²) in [4.78, 5) is 23.8. The maximum atomic E-state index is 11.9. The zero-order valence-electron chi connectivity index (χ0n) is 19.5. The van der Waals surface area contributed by atoms with Gasteiger partial charge in [-0.05, 0) is 44.1 Å². The molecule has 1 rings (SSSR count). The van der Waals surface area contributed by atoms with Crippen molar-refractivity contribution in [3.8, 4) is 0 Å². The van der Waals surface area contributed by atoms with Gasteiger partial charge in [0.2, 0.25) is 0 Å². The van der Waals surface area contributed by atoms with Gasteiger partial charge in [0, 0.05) is 6.42 Å². The highest BCUT2D eigenvalue weighted by Crippen LogP contribution is 2.10. The molecule has 0 aromatic heterocycles. The van der Waals surface area contributed by atoms with E-state index in [9.17, 15) is 9.59 Å². The molecule has 0 saturated carbocycles. The van der Waals surface area contributed by atoms with Crippen molar-refractivity contribution < 1.29 is 14.3 Å². The third-order valence-electron chi connectivity index (χ3n) is 5.46. The van der Waals surface area contributed by atoms with E-state index in [1.807, 2.05) is 30.3 Å². The minimum atomic E-state index is -0.805. The van der Waals surface area contributed by atoms with Gasteiger partial charge in [0.25, 0.3) is 0 Å². The lowest BCUT2D eigenvalue weighted by Gasteiger charge is -2.10. The van der Waals surface area contributed by atoms with Gasteiger partial charge in [-0.15, -0.1) is 0 Å². The lowest BCUT2D eigenvalue weighted by Crippen LogP contribution is -2.35. The fraction of sp³-hybridized carbons (Fsp3) is 0.630. The SMILES string of the molecule is CCCCCCCC/C=C\CCCCCCCC(=O)OC(=O)[C@@H](N)Cc1ccccc1. The van der Waals surface area contributed by atoms with Crippen LogP contribution in [-0.2, 0) is 20.7 Å². The van der Waals surface area contributed by atoms with Crippen molar-refractivity contribution in [1.29, 1.82) is 0 Å². The molecular formula is C27H43NO3. The number of nitrogens with two attached hydrogens (primary N) is 1. The molecule has 1 atom stereocenters. The molecule has 0 amide bonds. The number of hydrogen-bond donors (Lipinski definition) is 1. The van der Waals surface area contributed by atoms with Gasteiger partial charge in [-0.3, -0.25) is 4.79 Å². The Balaban J connectivity index is 1.94. The Morgan fingerprint density at radius 3 is 2.00 bits per heavy atom. The van der Waals surface area contributed by atoms with Crippen molar-refractivity contribution in [2.75, 3.05) is 0 Å². The molecule has 1 aromatic carbocycles. The van der Waals surface area contributed by atoms with Crippen LogP contribution in [0.25, 0.3) is 0 Å². The highest BCUT2D eigenvalue weighted by Gasteiger charge is 2.18. The Hall–Kier alpha value is -1.94. The van der Waals surface area contributed by atoms with Gasteiger partial charge in [0.1, 0.15) is 6.04 Å². The molecule has 0 aliphatic carbocycles. The maximum absolute atomic E-state index is 11.9. The Morgan fingerprint density at radius 1 is 0.839 bits per heavy atom. The number of esters is 2. The number of hydrogen-bond acceptors (Lipinski definition) is 4. The highest BCUT2D eigenvalue weighted by atomic mass is 16.6. The van der Waals surface area contributed by atoms with E-state index in [1.54, 1.807) is 0 Å². The third kappa shape index (κ3) is 15.5. The van der Waals surface area contributed by atoms with Crippen molar-refractivity contribution in [3.63, 3.8) is 0 Å². The number of rotatable bonds is 18. The molecule has 0 spiro atoms. The Bertz CT molecular complexity index is 612. The van der Waals surface area contributed by atoms with Crippen LogP contribution in [0, 0.1) is 0 Å². The van der Waals surface area contributed by atoms with Crippen molar-refractivity contribution in [1.82, 2.24) is 0 Å². The molecule has 0 aliphatic rings. The second-order valence-electron chi connectivity index (χ2n) is 8.42. The van der Waals surface area contributed by atoms with Crippen LogP contribution >= 0.6 is 0 Å². The fourth-order valence-corrected chi connectivity index (χ4v) is 3.53. The molecule has 0 heterocycles. The van der Waals surface area contributed by atoms with Crippen LogP contribution in [0.2, 0.25) is 0 Å². The molecule has 0 bridgehead atoms. The maximum Gasteiger partial charge on any atom is 0.330 e. The zero-order chi connectivity index (χ0) is 22.6. The Kier molecular flexibility index (Phi) is 16.4. The molecule has 0 unspecified atom stereocenters. The highest BCUT2D eigenvalue weighted by molar-refractivity contribution is 5.88.